The number of piperidine rings is 1. The number of ether oxygens (including phenoxy) is 4. The molecule has 0 radical (unpaired) electrons. The highest BCUT2D eigenvalue weighted by atomic mass is 16.7. The molecule has 1 aliphatic rings. The number of nitrogens with zero attached hydrogens (tertiary/aromatic N) is 1. The number of aryl methyl sites for hydroxylation is 2. The van der Waals surface area contributed by atoms with Crippen molar-refractivity contribution in [3.8, 4) is 0 Å². The van der Waals surface area contributed by atoms with Crippen LogP contribution in [0.4, 0.5) is 0 Å². The molecule has 9 heteroatoms. The van der Waals surface area contributed by atoms with E-state index < -0.39 is 5.97 Å². The third kappa shape index (κ3) is 16.0. The lowest BCUT2D eigenvalue weighted by Gasteiger charge is -2.31. The molecule has 2 aromatic rings. The van der Waals surface area contributed by atoms with Crippen LogP contribution in [0.2, 0.25) is 0 Å². The van der Waals surface area contributed by atoms with Gasteiger partial charge in [-0.3, -0.25) is 9.69 Å². The van der Waals surface area contributed by atoms with Gasteiger partial charge in [-0.25, -0.2) is 4.79 Å². The summed E-state index contributed by atoms with van der Waals surface area (Å²) in [5.74, 6) is -0.478. The minimum Gasteiger partial charge on any atom is -0.379 e. The van der Waals surface area contributed by atoms with Gasteiger partial charge < -0.3 is 23.8 Å². The highest BCUT2D eigenvalue weighted by Gasteiger charge is 2.22. The molecule has 0 atom stereocenters. The van der Waals surface area contributed by atoms with Crippen LogP contribution in [0.5, 0.6) is 0 Å². The number of rotatable bonds is 21. The fraction of sp³-hybridized carbons (Fsp3) is 0.588. The van der Waals surface area contributed by atoms with Crippen molar-refractivity contribution < 1.29 is 33.4 Å². The van der Waals surface area contributed by atoms with E-state index in [1.165, 1.54) is 11.1 Å². The lowest BCUT2D eigenvalue weighted by Crippen LogP contribution is -2.37. The summed E-state index contributed by atoms with van der Waals surface area (Å²) < 4.78 is 21.8. The van der Waals surface area contributed by atoms with Gasteiger partial charge in [0.2, 0.25) is 0 Å². The summed E-state index contributed by atoms with van der Waals surface area (Å²) in [4.78, 5) is 31.9. The van der Waals surface area contributed by atoms with E-state index in [1.54, 1.807) is 0 Å². The predicted octanol–water partition coefficient (Wildman–Crippen LogP) is 4.51. The Hall–Kier alpha value is -2.82. The van der Waals surface area contributed by atoms with Crippen LogP contribution < -0.4 is 5.48 Å². The molecule has 0 aliphatic carbocycles. The molecular formula is C34H50N2O7. The Morgan fingerprint density at radius 3 is 1.93 bits per heavy atom. The number of benzene rings is 2. The minimum absolute atomic E-state index is 0.174. The monoisotopic (exact) mass is 598 g/mol. The number of nitrogens with one attached hydrogen (secondary N) is 1. The zero-order chi connectivity index (χ0) is 30.4. The van der Waals surface area contributed by atoms with Gasteiger partial charge in [0.25, 0.3) is 5.91 Å². The van der Waals surface area contributed by atoms with Crippen molar-refractivity contribution in [2.45, 2.75) is 58.3 Å². The van der Waals surface area contributed by atoms with Gasteiger partial charge in [-0.15, -0.1) is 0 Å². The fourth-order valence-corrected chi connectivity index (χ4v) is 4.95. The highest BCUT2D eigenvalue weighted by molar-refractivity contribution is 5.79. The molecule has 1 N–H and O–H groups in total. The van der Waals surface area contributed by atoms with Crippen LogP contribution in [0.1, 0.15) is 55.7 Å². The second-order valence-electron chi connectivity index (χ2n) is 10.9. The Bertz CT molecular complexity index is 1010. The molecule has 1 heterocycles. The first-order valence-corrected chi connectivity index (χ1v) is 15.8. The third-order valence-corrected chi connectivity index (χ3v) is 7.45. The molecule has 0 unspecified atom stereocenters. The molecule has 1 aliphatic heterocycles. The van der Waals surface area contributed by atoms with E-state index in [4.69, 9.17) is 23.8 Å². The Kier molecular flexibility index (Phi) is 17.6. The average Bonchev–Trinajstić information content (AvgIpc) is 3.03. The normalized spacial score (nSPS) is 14.1. The van der Waals surface area contributed by atoms with E-state index in [0.717, 1.165) is 57.2 Å². The van der Waals surface area contributed by atoms with Crippen LogP contribution >= 0.6 is 0 Å². The summed E-state index contributed by atoms with van der Waals surface area (Å²) in [7, 11) is 0. The molecule has 0 bridgehead atoms. The van der Waals surface area contributed by atoms with E-state index in [2.05, 4.69) is 46.8 Å². The van der Waals surface area contributed by atoms with Gasteiger partial charge in [0.15, 0.2) is 0 Å². The number of amides is 1. The second kappa shape index (κ2) is 21.8. The summed E-state index contributed by atoms with van der Waals surface area (Å²) in [6.45, 7) is 8.30. The Morgan fingerprint density at radius 2 is 1.30 bits per heavy atom. The lowest BCUT2D eigenvalue weighted by molar-refractivity contribution is -0.159. The van der Waals surface area contributed by atoms with E-state index in [0.29, 0.717) is 59.4 Å². The number of likely N-dealkylation sites (tertiary alicyclic amines) is 1. The maximum absolute atomic E-state index is 12.3. The molecule has 9 nitrogen and oxygen atoms in total. The molecule has 1 saturated heterocycles. The van der Waals surface area contributed by atoms with E-state index in [9.17, 15) is 9.59 Å². The molecule has 3 rings (SSSR count). The number of carbonyl (C=O) groups is 2. The molecule has 1 fully saturated rings. The van der Waals surface area contributed by atoms with Crippen LogP contribution in [-0.2, 0) is 52.6 Å². The summed E-state index contributed by atoms with van der Waals surface area (Å²) in [5.41, 5.74) is 5.86. The lowest BCUT2D eigenvalue weighted by atomic mass is 9.94. The van der Waals surface area contributed by atoms with Crippen LogP contribution in [0.15, 0.2) is 54.6 Å². The summed E-state index contributed by atoms with van der Waals surface area (Å²) in [6, 6.07) is 18.6. The number of unbranched alkanes of at least 4 members (excludes halogenated alkanes) is 1. The topological polar surface area (TPSA) is 95.6 Å². The SMILES string of the molecule is CCOCCOCCOCCOCN1CCC(CC(=O)ONC(=O)Cc2ccc(CCCCc3ccccc3)cc2)CC1. The Labute approximate surface area is 257 Å². The smallest absolute Gasteiger partial charge is 0.332 e. The second-order valence-corrected chi connectivity index (χ2v) is 10.9. The van der Waals surface area contributed by atoms with Gasteiger partial charge in [0, 0.05) is 19.7 Å². The van der Waals surface area contributed by atoms with Crippen molar-refractivity contribution in [1.82, 2.24) is 10.4 Å². The van der Waals surface area contributed by atoms with Crippen molar-refractivity contribution in [3.63, 3.8) is 0 Å². The molecule has 238 valence electrons. The van der Waals surface area contributed by atoms with Gasteiger partial charge in [-0.1, -0.05) is 54.6 Å². The molecule has 0 spiro atoms. The van der Waals surface area contributed by atoms with Gasteiger partial charge in [0.05, 0.1) is 59.2 Å². The van der Waals surface area contributed by atoms with Crippen LogP contribution in [0.3, 0.4) is 0 Å². The number of hydrogen-bond acceptors (Lipinski definition) is 8. The third-order valence-electron chi connectivity index (χ3n) is 7.45. The molecule has 1 amide bonds. The molecule has 0 aromatic heterocycles. The van der Waals surface area contributed by atoms with Crippen molar-refractivity contribution >= 4 is 11.9 Å². The maximum atomic E-state index is 12.3. The van der Waals surface area contributed by atoms with Crippen LogP contribution in [0, 0.1) is 5.92 Å². The minimum atomic E-state index is -0.395. The first-order chi connectivity index (χ1) is 21.1. The summed E-state index contributed by atoms with van der Waals surface area (Å²) >= 11 is 0. The zero-order valence-corrected chi connectivity index (χ0v) is 25.8. The highest BCUT2D eigenvalue weighted by Crippen LogP contribution is 2.20. The van der Waals surface area contributed by atoms with Gasteiger partial charge in [-0.2, -0.15) is 5.48 Å². The maximum Gasteiger partial charge on any atom is 0.332 e. The number of hydroxylamine groups is 1. The Morgan fingerprint density at radius 1 is 0.744 bits per heavy atom. The van der Waals surface area contributed by atoms with Gasteiger partial charge >= 0.3 is 5.97 Å². The average molecular weight is 599 g/mol. The van der Waals surface area contributed by atoms with Gasteiger partial charge in [0.1, 0.15) is 0 Å². The number of hydrogen-bond donors (Lipinski definition) is 1. The zero-order valence-electron chi connectivity index (χ0n) is 25.8. The largest absolute Gasteiger partial charge is 0.379 e. The molecular weight excluding hydrogens is 548 g/mol. The van der Waals surface area contributed by atoms with E-state index >= 15 is 0 Å². The molecule has 2 aromatic carbocycles. The van der Waals surface area contributed by atoms with Crippen molar-refractivity contribution in [2.75, 3.05) is 66.1 Å². The first-order valence-electron chi connectivity index (χ1n) is 15.8. The Balaban J connectivity index is 1.16. The molecule has 43 heavy (non-hydrogen) atoms. The summed E-state index contributed by atoms with van der Waals surface area (Å²) in [5, 5.41) is 0. The van der Waals surface area contributed by atoms with E-state index in [1.807, 2.05) is 25.1 Å². The van der Waals surface area contributed by atoms with Crippen molar-refractivity contribution in [2.24, 2.45) is 5.92 Å². The quantitative estimate of drug-likeness (QED) is 0.166. The van der Waals surface area contributed by atoms with Crippen molar-refractivity contribution in [1.29, 1.82) is 0 Å². The first kappa shape index (κ1) is 34.7. The van der Waals surface area contributed by atoms with Gasteiger partial charge in [-0.05, 0) is 68.1 Å². The number of carbonyl (C=O) groups excluding carboxylic acids is 2. The summed E-state index contributed by atoms with van der Waals surface area (Å²) in [6.07, 6.45) is 6.64. The molecule has 0 saturated carbocycles. The predicted molar refractivity (Wildman–Crippen MR) is 165 cm³/mol. The van der Waals surface area contributed by atoms with Crippen LogP contribution in [0.25, 0.3) is 0 Å². The van der Waals surface area contributed by atoms with E-state index in [-0.39, 0.29) is 18.2 Å². The standard InChI is InChI=1S/C34H50N2O7/c1-2-39-20-21-40-22-23-41-24-25-42-28-36-18-16-32(17-19-36)27-34(38)43-35-33(37)26-31-14-12-30(13-15-31)11-7-6-10-29-8-4-3-5-9-29/h3-5,8-9,12-15,32H,2,6-7,10-11,16-28H2,1H3,(H,35,37). The van der Waals surface area contributed by atoms with Crippen LogP contribution in [-0.4, -0.2) is 82.8 Å². The van der Waals surface area contributed by atoms with Crippen molar-refractivity contribution in [3.05, 3.63) is 71.3 Å². The fourth-order valence-electron chi connectivity index (χ4n) is 4.95.